The lowest BCUT2D eigenvalue weighted by molar-refractivity contribution is -0.119. The molecule has 7 nitrogen and oxygen atoms in total. The van der Waals surface area contributed by atoms with Gasteiger partial charge in [-0.2, -0.15) is 5.10 Å². The summed E-state index contributed by atoms with van der Waals surface area (Å²) in [7, 11) is 1.90. The van der Waals surface area contributed by atoms with Crippen LogP contribution < -0.4 is 4.90 Å². The number of nitrogens with zero attached hydrogens (tertiary/aromatic N) is 5. The van der Waals surface area contributed by atoms with E-state index in [0.29, 0.717) is 23.1 Å². The number of Topliss-reactive ketones (excluding diaryl/α,β-unsaturated/α-hetero) is 1. The number of thioether (sulfide) groups is 1. The molecule has 0 aliphatic carbocycles. The zero-order valence-corrected chi connectivity index (χ0v) is 14.3. The number of carbonyl (C=O) groups excluding carboxylic acids is 2. The summed E-state index contributed by atoms with van der Waals surface area (Å²) >= 11 is 0.978. The number of aromatic nitrogens is 4. The Bertz CT molecular complexity index is 814. The van der Waals surface area contributed by atoms with E-state index in [1.165, 1.54) is 0 Å². The Morgan fingerprint density at radius 3 is 2.88 bits per heavy atom. The summed E-state index contributed by atoms with van der Waals surface area (Å²) in [6, 6.07) is 3.68. The van der Waals surface area contributed by atoms with Crippen molar-refractivity contribution in [1.82, 2.24) is 19.7 Å². The predicted molar refractivity (Wildman–Crippen MR) is 92.2 cm³/mol. The second-order valence-electron chi connectivity index (χ2n) is 5.36. The molecule has 0 N–H and O–H groups in total. The molecule has 24 heavy (non-hydrogen) atoms. The van der Waals surface area contributed by atoms with Gasteiger partial charge in [-0.25, -0.2) is 9.97 Å². The standard InChI is InChI=1S/C16H17N5O2S/c1-3-21-12(5-7-18-21)10-20(2)16-17-6-4-11(19-16)8-14-13(22)9-15(23)24-14/h4-8H,3,9-10H2,1-2H3/b14-8-. The van der Waals surface area contributed by atoms with E-state index in [4.69, 9.17) is 0 Å². The van der Waals surface area contributed by atoms with Crippen LogP contribution in [0.15, 0.2) is 29.4 Å². The third-order valence-electron chi connectivity index (χ3n) is 3.59. The van der Waals surface area contributed by atoms with E-state index >= 15 is 0 Å². The van der Waals surface area contributed by atoms with Crippen molar-refractivity contribution >= 4 is 34.7 Å². The van der Waals surface area contributed by atoms with E-state index in [2.05, 4.69) is 15.1 Å². The summed E-state index contributed by atoms with van der Waals surface area (Å²) in [6.07, 6.45) is 5.03. The van der Waals surface area contributed by atoms with Crippen LogP contribution in [0, 0.1) is 0 Å². The quantitative estimate of drug-likeness (QED) is 0.606. The topological polar surface area (TPSA) is 81.0 Å². The SMILES string of the molecule is CCn1nccc1CN(C)c1nccc(/C=C2\SC(=O)CC2=O)n1. The van der Waals surface area contributed by atoms with Gasteiger partial charge in [0.1, 0.15) is 0 Å². The molecule has 0 aromatic carbocycles. The van der Waals surface area contributed by atoms with Crippen molar-refractivity contribution in [2.45, 2.75) is 26.4 Å². The molecule has 0 spiro atoms. The van der Waals surface area contributed by atoms with Crippen LogP contribution in [-0.4, -0.2) is 37.7 Å². The molecule has 1 aliphatic rings. The van der Waals surface area contributed by atoms with E-state index < -0.39 is 0 Å². The highest BCUT2D eigenvalue weighted by Crippen LogP contribution is 2.30. The first-order chi connectivity index (χ1) is 11.6. The van der Waals surface area contributed by atoms with Crippen molar-refractivity contribution in [3.05, 3.63) is 40.8 Å². The molecule has 3 heterocycles. The molecule has 2 aromatic rings. The van der Waals surface area contributed by atoms with Gasteiger partial charge >= 0.3 is 0 Å². The fraction of sp³-hybridized carbons (Fsp3) is 0.312. The average Bonchev–Trinajstić information content (AvgIpc) is 3.13. The smallest absolute Gasteiger partial charge is 0.225 e. The van der Waals surface area contributed by atoms with Gasteiger partial charge in [0.2, 0.25) is 11.1 Å². The van der Waals surface area contributed by atoms with E-state index in [9.17, 15) is 9.59 Å². The highest BCUT2D eigenvalue weighted by Gasteiger charge is 2.26. The molecule has 1 aliphatic heterocycles. The largest absolute Gasteiger partial charge is 0.338 e. The Kier molecular flexibility index (Phi) is 4.75. The van der Waals surface area contributed by atoms with Crippen molar-refractivity contribution in [2.24, 2.45) is 0 Å². The molecule has 1 fully saturated rings. The van der Waals surface area contributed by atoms with Gasteiger partial charge in [-0.3, -0.25) is 14.3 Å². The van der Waals surface area contributed by atoms with Crippen molar-refractivity contribution in [1.29, 1.82) is 0 Å². The Balaban J connectivity index is 1.79. The first kappa shape index (κ1) is 16.4. The predicted octanol–water partition coefficient (Wildman–Crippen LogP) is 1.90. The van der Waals surface area contributed by atoms with Crippen molar-refractivity contribution in [3.8, 4) is 0 Å². The molecule has 0 radical (unpaired) electrons. The molecule has 2 aromatic heterocycles. The lowest BCUT2D eigenvalue weighted by atomic mass is 10.2. The summed E-state index contributed by atoms with van der Waals surface area (Å²) in [6.45, 7) is 3.47. The maximum absolute atomic E-state index is 11.7. The van der Waals surface area contributed by atoms with E-state index in [1.54, 1.807) is 24.5 Å². The highest BCUT2D eigenvalue weighted by molar-refractivity contribution is 8.18. The number of ketones is 1. The summed E-state index contributed by atoms with van der Waals surface area (Å²) in [5, 5.41) is 4.13. The molecule has 0 saturated carbocycles. The van der Waals surface area contributed by atoms with E-state index in [-0.39, 0.29) is 17.3 Å². The number of rotatable bonds is 5. The summed E-state index contributed by atoms with van der Waals surface area (Å²) in [4.78, 5) is 34.1. The molecule has 3 rings (SSSR count). The molecular formula is C16H17N5O2S. The maximum atomic E-state index is 11.7. The monoisotopic (exact) mass is 343 g/mol. The number of aryl methyl sites for hydroxylation is 1. The van der Waals surface area contributed by atoms with Crippen LogP contribution in [0.4, 0.5) is 5.95 Å². The zero-order chi connectivity index (χ0) is 17.1. The molecular weight excluding hydrogens is 326 g/mol. The second kappa shape index (κ2) is 6.96. The Hall–Kier alpha value is -2.48. The lowest BCUT2D eigenvalue weighted by Gasteiger charge is -2.17. The van der Waals surface area contributed by atoms with Crippen LogP contribution in [0.5, 0.6) is 0 Å². The van der Waals surface area contributed by atoms with Crippen molar-refractivity contribution < 1.29 is 9.59 Å². The molecule has 8 heteroatoms. The fourth-order valence-electron chi connectivity index (χ4n) is 2.40. The van der Waals surface area contributed by atoms with Gasteiger partial charge < -0.3 is 4.90 Å². The van der Waals surface area contributed by atoms with Crippen LogP contribution in [-0.2, 0) is 22.7 Å². The molecule has 0 atom stereocenters. The average molecular weight is 343 g/mol. The van der Waals surface area contributed by atoms with Crippen molar-refractivity contribution in [3.63, 3.8) is 0 Å². The molecule has 0 amide bonds. The summed E-state index contributed by atoms with van der Waals surface area (Å²) in [5.41, 5.74) is 1.68. The normalized spacial score (nSPS) is 16.2. The van der Waals surface area contributed by atoms with E-state index in [1.807, 2.05) is 29.6 Å². The van der Waals surface area contributed by atoms with Gasteiger partial charge in [0.25, 0.3) is 0 Å². The van der Waals surface area contributed by atoms with Crippen LogP contribution >= 0.6 is 11.8 Å². The molecule has 124 valence electrons. The van der Waals surface area contributed by atoms with Gasteiger partial charge in [0.15, 0.2) is 5.78 Å². The van der Waals surface area contributed by atoms with Gasteiger partial charge in [-0.05, 0) is 36.9 Å². The minimum absolute atomic E-state index is 0.0324. The number of allylic oxidation sites excluding steroid dienone is 1. The van der Waals surface area contributed by atoms with Crippen molar-refractivity contribution in [2.75, 3.05) is 11.9 Å². The lowest BCUT2D eigenvalue weighted by Crippen LogP contribution is -2.21. The fourth-order valence-corrected chi connectivity index (χ4v) is 3.21. The van der Waals surface area contributed by atoms with Crippen LogP contribution in [0.1, 0.15) is 24.7 Å². The highest BCUT2D eigenvalue weighted by atomic mass is 32.2. The molecule has 0 bridgehead atoms. The van der Waals surface area contributed by atoms with Gasteiger partial charge in [0.05, 0.1) is 29.3 Å². The zero-order valence-electron chi connectivity index (χ0n) is 13.5. The molecule has 1 saturated heterocycles. The van der Waals surface area contributed by atoms with Gasteiger partial charge in [-0.1, -0.05) is 0 Å². The Morgan fingerprint density at radius 2 is 2.17 bits per heavy atom. The van der Waals surface area contributed by atoms with Crippen LogP contribution in [0.2, 0.25) is 0 Å². The number of hydrogen-bond acceptors (Lipinski definition) is 7. The first-order valence-corrected chi connectivity index (χ1v) is 8.39. The first-order valence-electron chi connectivity index (χ1n) is 7.57. The van der Waals surface area contributed by atoms with E-state index in [0.717, 1.165) is 24.0 Å². The molecule has 0 unspecified atom stereocenters. The Morgan fingerprint density at radius 1 is 1.33 bits per heavy atom. The number of hydrogen-bond donors (Lipinski definition) is 0. The third kappa shape index (κ3) is 3.53. The maximum Gasteiger partial charge on any atom is 0.225 e. The minimum Gasteiger partial charge on any atom is -0.338 e. The van der Waals surface area contributed by atoms with Crippen LogP contribution in [0.25, 0.3) is 6.08 Å². The Labute approximate surface area is 143 Å². The second-order valence-corrected chi connectivity index (χ2v) is 6.46. The summed E-state index contributed by atoms with van der Waals surface area (Å²) < 4.78 is 1.92. The minimum atomic E-state index is -0.148. The number of carbonyl (C=O) groups is 2. The summed E-state index contributed by atoms with van der Waals surface area (Å²) in [5.74, 6) is 0.403. The van der Waals surface area contributed by atoms with Gasteiger partial charge in [-0.15, -0.1) is 0 Å². The number of anilines is 1. The van der Waals surface area contributed by atoms with Gasteiger partial charge in [0, 0.05) is 26.0 Å². The third-order valence-corrected chi connectivity index (χ3v) is 4.53. The van der Waals surface area contributed by atoms with Crippen LogP contribution in [0.3, 0.4) is 0 Å².